The number of halogens is 2. The molecule has 2 aromatic carbocycles. The van der Waals surface area contributed by atoms with Crippen LogP contribution < -0.4 is 16.0 Å². The van der Waals surface area contributed by atoms with Crippen LogP contribution in [0.2, 0.25) is 0 Å². The van der Waals surface area contributed by atoms with Gasteiger partial charge in [-0.3, -0.25) is 9.79 Å². The van der Waals surface area contributed by atoms with E-state index in [1.165, 1.54) is 17.7 Å². The van der Waals surface area contributed by atoms with Crippen molar-refractivity contribution in [3.8, 4) is 0 Å². The first-order valence-corrected chi connectivity index (χ1v) is 9.59. The Morgan fingerprint density at radius 1 is 1.00 bits per heavy atom. The van der Waals surface area contributed by atoms with Gasteiger partial charge in [0, 0.05) is 26.2 Å². The minimum absolute atomic E-state index is 0. The second-order valence-electron chi connectivity index (χ2n) is 6.72. The number of benzene rings is 2. The van der Waals surface area contributed by atoms with Crippen LogP contribution in [0.1, 0.15) is 24.5 Å². The monoisotopic (exact) mass is 512 g/mol. The summed E-state index contributed by atoms with van der Waals surface area (Å²) in [7, 11) is 1.73. The van der Waals surface area contributed by atoms with E-state index in [0.29, 0.717) is 19.0 Å². The predicted molar refractivity (Wildman–Crippen MR) is 127 cm³/mol. The number of carbonyl (C=O) groups is 1. The molecule has 0 aliphatic rings. The van der Waals surface area contributed by atoms with Gasteiger partial charge in [0.2, 0.25) is 5.91 Å². The van der Waals surface area contributed by atoms with Crippen LogP contribution in [-0.2, 0) is 17.6 Å². The summed E-state index contributed by atoms with van der Waals surface area (Å²) in [6.45, 7) is 3.18. The summed E-state index contributed by atoms with van der Waals surface area (Å²) in [5.74, 6) is 0.325. The van der Waals surface area contributed by atoms with Crippen LogP contribution in [0.25, 0.3) is 0 Å². The Morgan fingerprint density at radius 3 is 2.31 bits per heavy atom. The summed E-state index contributed by atoms with van der Waals surface area (Å²) in [6.07, 6.45) is 2.24. The van der Waals surface area contributed by atoms with Gasteiger partial charge in [-0.1, -0.05) is 42.5 Å². The summed E-state index contributed by atoms with van der Waals surface area (Å²) in [6, 6.07) is 16.6. The van der Waals surface area contributed by atoms with Gasteiger partial charge in [-0.2, -0.15) is 0 Å². The third kappa shape index (κ3) is 10.3. The first kappa shape index (κ1) is 24.9. The fourth-order valence-electron chi connectivity index (χ4n) is 2.76. The Morgan fingerprint density at radius 2 is 1.66 bits per heavy atom. The highest BCUT2D eigenvalue weighted by molar-refractivity contribution is 14.0. The number of guanidine groups is 1. The van der Waals surface area contributed by atoms with Crippen molar-refractivity contribution in [1.29, 1.82) is 0 Å². The molecule has 158 valence electrons. The van der Waals surface area contributed by atoms with Crippen LogP contribution in [0.4, 0.5) is 4.39 Å². The predicted octanol–water partition coefficient (Wildman–Crippen LogP) is 3.29. The lowest BCUT2D eigenvalue weighted by atomic mass is 10.1. The molecule has 0 heterocycles. The molecule has 0 aliphatic heterocycles. The SMILES string of the molecule is CN=C(NCCNC(=O)Cc1ccc(F)cc1)NC(C)CCc1ccccc1.I. The van der Waals surface area contributed by atoms with Crippen LogP contribution in [0.5, 0.6) is 0 Å². The van der Waals surface area contributed by atoms with Gasteiger partial charge in [0.05, 0.1) is 6.42 Å². The lowest BCUT2D eigenvalue weighted by Gasteiger charge is -2.18. The maximum absolute atomic E-state index is 12.9. The molecule has 29 heavy (non-hydrogen) atoms. The van der Waals surface area contributed by atoms with E-state index >= 15 is 0 Å². The van der Waals surface area contributed by atoms with Gasteiger partial charge in [0.1, 0.15) is 5.82 Å². The van der Waals surface area contributed by atoms with E-state index in [9.17, 15) is 9.18 Å². The quantitative estimate of drug-likeness (QED) is 0.209. The van der Waals surface area contributed by atoms with Crippen molar-refractivity contribution in [2.24, 2.45) is 4.99 Å². The summed E-state index contributed by atoms with van der Waals surface area (Å²) in [5.41, 5.74) is 2.11. The van der Waals surface area contributed by atoms with Gasteiger partial charge in [-0.25, -0.2) is 4.39 Å². The Kier molecular flexibility index (Phi) is 11.9. The van der Waals surface area contributed by atoms with Crippen LogP contribution >= 0.6 is 24.0 Å². The van der Waals surface area contributed by atoms with Gasteiger partial charge in [-0.15, -0.1) is 24.0 Å². The third-order valence-corrected chi connectivity index (χ3v) is 4.33. The standard InChI is InChI=1S/C22H29FN4O.HI/c1-17(8-9-18-6-4-3-5-7-18)27-22(24-2)26-15-14-25-21(28)16-19-10-12-20(23)13-11-19;/h3-7,10-13,17H,8-9,14-16H2,1-2H3,(H,25,28)(H2,24,26,27);1H. The van der Waals surface area contributed by atoms with Gasteiger partial charge in [0.15, 0.2) is 5.96 Å². The molecular formula is C22H30FIN4O. The fourth-order valence-corrected chi connectivity index (χ4v) is 2.76. The zero-order chi connectivity index (χ0) is 20.2. The van der Waals surface area contributed by atoms with E-state index < -0.39 is 0 Å². The molecule has 0 saturated carbocycles. The lowest BCUT2D eigenvalue weighted by Crippen LogP contribution is -2.45. The highest BCUT2D eigenvalue weighted by Crippen LogP contribution is 2.05. The zero-order valence-corrected chi connectivity index (χ0v) is 19.3. The summed E-state index contributed by atoms with van der Waals surface area (Å²) in [4.78, 5) is 16.2. The maximum Gasteiger partial charge on any atom is 0.224 e. The largest absolute Gasteiger partial charge is 0.355 e. The minimum atomic E-state index is -0.301. The number of hydrogen-bond acceptors (Lipinski definition) is 2. The highest BCUT2D eigenvalue weighted by atomic mass is 127. The smallest absolute Gasteiger partial charge is 0.224 e. The van der Waals surface area contributed by atoms with E-state index in [1.807, 2.05) is 6.07 Å². The van der Waals surface area contributed by atoms with E-state index in [-0.39, 0.29) is 48.2 Å². The van der Waals surface area contributed by atoms with Gasteiger partial charge in [0.25, 0.3) is 0 Å². The van der Waals surface area contributed by atoms with E-state index in [2.05, 4.69) is 52.1 Å². The molecule has 3 N–H and O–H groups in total. The molecule has 0 bridgehead atoms. The summed E-state index contributed by atoms with van der Waals surface area (Å²) >= 11 is 0. The van der Waals surface area contributed by atoms with Gasteiger partial charge < -0.3 is 16.0 Å². The normalized spacial score (nSPS) is 11.9. The van der Waals surface area contributed by atoms with Crippen LogP contribution in [-0.4, -0.2) is 38.0 Å². The van der Waals surface area contributed by atoms with Crippen molar-refractivity contribution in [3.05, 3.63) is 71.5 Å². The van der Waals surface area contributed by atoms with Crippen molar-refractivity contribution < 1.29 is 9.18 Å². The highest BCUT2D eigenvalue weighted by Gasteiger charge is 2.06. The molecule has 7 heteroatoms. The second kappa shape index (κ2) is 13.9. The molecule has 2 aromatic rings. The molecule has 0 radical (unpaired) electrons. The number of amides is 1. The molecule has 0 aliphatic carbocycles. The van der Waals surface area contributed by atoms with E-state index in [1.54, 1.807) is 19.2 Å². The Labute approximate surface area is 189 Å². The molecule has 0 saturated heterocycles. The molecule has 1 unspecified atom stereocenters. The number of rotatable bonds is 9. The number of aryl methyl sites for hydroxylation is 1. The van der Waals surface area contributed by atoms with Crippen LogP contribution in [0.3, 0.4) is 0 Å². The van der Waals surface area contributed by atoms with E-state index in [0.717, 1.165) is 18.4 Å². The van der Waals surface area contributed by atoms with Gasteiger partial charge >= 0.3 is 0 Å². The summed E-state index contributed by atoms with van der Waals surface area (Å²) < 4.78 is 12.9. The van der Waals surface area contributed by atoms with Crippen molar-refractivity contribution in [2.75, 3.05) is 20.1 Å². The minimum Gasteiger partial charge on any atom is -0.355 e. The number of nitrogens with one attached hydrogen (secondary N) is 3. The lowest BCUT2D eigenvalue weighted by molar-refractivity contribution is -0.120. The molecule has 5 nitrogen and oxygen atoms in total. The molecule has 0 spiro atoms. The first-order valence-electron chi connectivity index (χ1n) is 9.59. The zero-order valence-electron chi connectivity index (χ0n) is 17.0. The average molecular weight is 512 g/mol. The van der Waals surface area contributed by atoms with Crippen LogP contribution in [0, 0.1) is 5.82 Å². The maximum atomic E-state index is 12.9. The van der Waals surface area contributed by atoms with Gasteiger partial charge in [-0.05, 0) is 43.0 Å². The average Bonchev–Trinajstić information content (AvgIpc) is 2.71. The molecule has 0 fully saturated rings. The number of hydrogen-bond donors (Lipinski definition) is 3. The Hall–Kier alpha value is -2.16. The van der Waals surface area contributed by atoms with Crippen molar-refractivity contribution >= 4 is 35.8 Å². The van der Waals surface area contributed by atoms with E-state index in [4.69, 9.17) is 0 Å². The number of aliphatic imine (C=N–C) groups is 1. The molecular weight excluding hydrogens is 482 g/mol. The molecule has 0 aromatic heterocycles. The molecule has 1 amide bonds. The first-order chi connectivity index (χ1) is 13.6. The fraction of sp³-hybridized carbons (Fsp3) is 0.364. The van der Waals surface area contributed by atoms with Crippen molar-refractivity contribution in [2.45, 2.75) is 32.2 Å². The van der Waals surface area contributed by atoms with Crippen LogP contribution in [0.15, 0.2) is 59.6 Å². The molecule has 1 atom stereocenters. The summed E-state index contributed by atoms with van der Waals surface area (Å²) in [5, 5.41) is 9.41. The third-order valence-electron chi connectivity index (χ3n) is 4.33. The molecule has 2 rings (SSSR count). The van der Waals surface area contributed by atoms with Crippen molar-refractivity contribution in [1.82, 2.24) is 16.0 Å². The Bertz CT molecular complexity index is 753. The topological polar surface area (TPSA) is 65.5 Å². The second-order valence-corrected chi connectivity index (χ2v) is 6.72. The number of nitrogens with zero attached hydrogens (tertiary/aromatic N) is 1. The Balaban J connectivity index is 0.00000420. The van der Waals surface area contributed by atoms with Crippen molar-refractivity contribution in [3.63, 3.8) is 0 Å². The number of carbonyl (C=O) groups excluding carboxylic acids is 1.